The number of carbonyl (C=O) groups is 2. The number of aromatic carboxylic acids is 1. The summed E-state index contributed by atoms with van der Waals surface area (Å²) >= 11 is 0. The van der Waals surface area contributed by atoms with Gasteiger partial charge in [-0.3, -0.25) is 4.79 Å². The van der Waals surface area contributed by atoms with Gasteiger partial charge in [0.2, 0.25) is 0 Å². The monoisotopic (exact) mass is 357 g/mol. The lowest BCUT2D eigenvalue weighted by molar-refractivity contribution is 0.0688. The normalized spacial score (nSPS) is 11.3. The zero-order valence-electron chi connectivity index (χ0n) is 15.3. The van der Waals surface area contributed by atoms with Crippen LogP contribution in [0.15, 0.2) is 36.7 Å². The van der Waals surface area contributed by atoms with Crippen molar-refractivity contribution in [3.63, 3.8) is 0 Å². The first-order chi connectivity index (χ1) is 12.2. The number of benzene rings is 1. The molecule has 1 aromatic heterocycles. The van der Waals surface area contributed by atoms with Crippen LogP contribution in [0.4, 0.5) is 0 Å². The molecule has 0 saturated heterocycles. The molecule has 7 nitrogen and oxygen atoms in total. The van der Waals surface area contributed by atoms with E-state index >= 15 is 0 Å². The SMILES string of the molecule is CC(C)COc1ccc(C(C)(C)NC(=O)c2cnc(C(=O)O)cn2)cc1. The van der Waals surface area contributed by atoms with Gasteiger partial charge in [0, 0.05) is 0 Å². The highest BCUT2D eigenvalue weighted by molar-refractivity contribution is 5.93. The highest BCUT2D eigenvalue weighted by Crippen LogP contribution is 2.23. The maximum Gasteiger partial charge on any atom is 0.356 e. The van der Waals surface area contributed by atoms with Crippen LogP contribution in [-0.2, 0) is 5.54 Å². The molecule has 0 atom stereocenters. The molecular formula is C19H23N3O4. The predicted molar refractivity (Wildman–Crippen MR) is 96.3 cm³/mol. The van der Waals surface area contributed by atoms with Gasteiger partial charge < -0.3 is 15.2 Å². The van der Waals surface area contributed by atoms with Crippen LogP contribution in [0, 0.1) is 5.92 Å². The van der Waals surface area contributed by atoms with Crippen molar-refractivity contribution in [2.24, 2.45) is 5.92 Å². The number of carboxylic acid groups (broad SMARTS) is 1. The number of nitrogens with one attached hydrogen (secondary N) is 1. The summed E-state index contributed by atoms with van der Waals surface area (Å²) < 4.78 is 5.66. The summed E-state index contributed by atoms with van der Waals surface area (Å²) in [5, 5.41) is 11.7. The standard InChI is InChI=1S/C19H23N3O4/c1-12(2)11-26-14-7-5-13(6-8-14)19(3,4)22-17(23)15-9-21-16(10-20-15)18(24)25/h5-10,12H,11H2,1-4H3,(H,22,23)(H,24,25). The summed E-state index contributed by atoms with van der Waals surface area (Å²) in [4.78, 5) is 30.7. The summed E-state index contributed by atoms with van der Waals surface area (Å²) in [6, 6.07) is 7.53. The maximum atomic E-state index is 12.4. The highest BCUT2D eigenvalue weighted by Gasteiger charge is 2.24. The third kappa shape index (κ3) is 5.02. The summed E-state index contributed by atoms with van der Waals surface area (Å²) in [7, 11) is 0. The van der Waals surface area contributed by atoms with Crippen molar-refractivity contribution in [2.45, 2.75) is 33.2 Å². The van der Waals surface area contributed by atoms with Crippen LogP contribution in [0.3, 0.4) is 0 Å². The molecular weight excluding hydrogens is 334 g/mol. The lowest BCUT2D eigenvalue weighted by Gasteiger charge is -2.27. The Morgan fingerprint density at radius 1 is 1.12 bits per heavy atom. The topological polar surface area (TPSA) is 101 Å². The molecule has 2 rings (SSSR count). The van der Waals surface area contributed by atoms with Gasteiger partial charge in [-0.1, -0.05) is 26.0 Å². The molecule has 0 aliphatic heterocycles. The maximum absolute atomic E-state index is 12.4. The Morgan fingerprint density at radius 2 is 1.69 bits per heavy atom. The van der Waals surface area contributed by atoms with E-state index in [2.05, 4.69) is 29.1 Å². The average molecular weight is 357 g/mol. The number of aromatic nitrogens is 2. The molecule has 138 valence electrons. The quantitative estimate of drug-likeness (QED) is 0.790. The van der Waals surface area contributed by atoms with Crippen molar-refractivity contribution in [2.75, 3.05) is 6.61 Å². The van der Waals surface area contributed by atoms with Crippen LogP contribution in [0.5, 0.6) is 5.75 Å². The minimum absolute atomic E-state index is 0.0555. The van der Waals surface area contributed by atoms with Gasteiger partial charge in [-0.15, -0.1) is 0 Å². The first-order valence-corrected chi connectivity index (χ1v) is 8.30. The zero-order chi connectivity index (χ0) is 19.3. The number of carboxylic acids is 1. The highest BCUT2D eigenvalue weighted by atomic mass is 16.5. The van der Waals surface area contributed by atoms with Crippen molar-refractivity contribution >= 4 is 11.9 Å². The summed E-state index contributed by atoms with van der Waals surface area (Å²) in [5.74, 6) is -0.400. The number of nitrogens with zero attached hydrogens (tertiary/aromatic N) is 2. The van der Waals surface area contributed by atoms with Crippen LogP contribution in [0.1, 0.15) is 54.2 Å². The molecule has 26 heavy (non-hydrogen) atoms. The van der Waals surface area contributed by atoms with Crippen molar-refractivity contribution in [3.05, 3.63) is 53.6 Å². The number of hydrogen-bond acceptors (Lipinski definition) is 5. The first kappa shape index (κ1) is 19.4. The van der Waals surface area contributed by atoms with Crippen LogP contribution >= 0.6 is 0 Å². The molecule has 0 unspecified atom stereocenters. The van der Waals surface area contributed by atoms with E-state index in [1.807, 2.05) is 38.1 Å². The summed E-state index contributed by atoms with van der Waals surface area (Å²) in [6.07, 6.45) is 2.21. The lowest BCUT2D eigenvalue weighted by atomic mass is 9.94. The minimum Gasteiger partial charge on any atom is -0.493 e. The number of rotatable bonds is 7. The van der Waals surface area contributed by atoms with Gasteiger partial charge >= 0.3 is 5.97 Å². The predicted octanol–water partition coefficient (Wildman–Crippen LogP) is 2.87. The molecule has 0 bridgehead atoms. The van der Waals surface area contributed by atoms with Crippen molar-refractivity contribution in [1.82, 2.24) is 15.3 Å². The first-order valence-electron chi connectivity index (χ1n) is 8.30. The van der Waals surface area contributed by atoms with E-state index in [4.69, 9.17) is 9.84 Å². The molecule has 0 radical (unpaired) electrons. The third-order valence-corrected chi connectivity index (χ3v) is 3.69. The fraction of sp³-hybridized carbons (Fsp3) is 0.368. The molecule has 0 spiro atoms. The number of ether oxygens (including phenoxy) is 1. The van der Waals surface area contributed by atoms with Crippen LogP contribution < -0.4 is 10.1 Å². The van der Waals surface area contributed by atoms with Crippen molar-refractivity contribution in [1.29, 1.82) is 0 Å². The van der Waals surface area contributed by atoms with E-state index in [1.54, 1.807) is 0 Å². The van der Waals surface area contributed by atoms with Gasteiger partial charge in [0.05, 0.1) is 24.5 Å². The van der Waals surface area contributed by atoms with E-state index < -0.39 is 17.4 Å². The molecule has 1 heterocycles. The summed E-state index contributed by atoms with van der Waals surface area (Å²) in [5.41, 5.74) is 0.0940. The van der Waals surface area contributed by atoms with Gasteiger partial charge in [-0.25, -0.2) is 14.8 Å². The molecule has 7 heteroatoms. The van der Waals surface area contributed by atoms with Gasteiger partial charge in [0.15, 0.2) is 5.69 Å². The summed E-state index contributed by atoms with van der Waals surface area (Å²) in [6.45, 7) is 8.55. The Hall–Kier alpha value is -2.96. The molecule has 2 aromatic rings. The van der Waals surface area contributed by atoms with Gasteiger partial charge in [-0.2, -0.15) is 0 Å². The van der Waals surface area contributed by atoms with E-state index in [-0.39, 0.29) is 11.4 Å². The minimum atomic E-state index is -1.19. The van der Waals surface area contributed by atoms with Crippen molar-refractivity contribution in [3.8, 4) is 5.75 Å². The van der Waals surface area contributed by atoms with E-state index in [0.29, 0.717) is 12.5 Å². The molecule has 1 aromatic carbocycles. The Morgan fingerprint density at radius 3 is 2.19 bits per heavy atom. The van der Waals surface area contributed by atoms with Crippen molar-refractivity contribution < 1.29 is 19.4 Å². The largest absolute Gasteiger partial charge is 0.493 e. The van der Waals surface area contributed by atoms with Crippen LogP contribution in [0.2, 0.25) is 0 Å². The third-order valence-electron chi connectivity index (χ3n) is 3.69. The van der Waals surface area contributed by atoms with E-state index in [0.717, 1.165) is 23.7 Å². The van der Waals surface area contributed by atoms with Gasteiger partial charge in [0.1, 0.15) is 11.4 Å². The fourth-order valence-corrected chi connectivity index (χ4v) is 2.21. The molecule has 0 saturated carbocycles. The van der Waals surface area contributed by atoms with Gasteiger partial charge in [0.25, 0.3) is 5.91 Å². The smallest absolute Gasteiger partial charge is 0.356 e. The second kappa shape index (κ2) is 7.95. The Kier molecular flexibility index (Phi) is 5.92. The van der Waals surface area contributed by atoms with Gasteiger partial charge in [-0.05, 0) is 37.5 Å². The van der Waals surface area contributed by atoms with Crippen LogP contribution in [-0.4, -0.2) is 33.6 Å². The molecule has 0 aliphatic carbocycles. The second-order valence-electron chi connectivity index (χ2n) is 6.90. The number of carbonyl (C=O) groups excluding carboxylic acids is 1. The molecule has 1 amide bonds. The van der Waals surface area contributed by atoms with E-state index in [1.165, 1.54) is 0 Å². The Labute approximate surface area is 152 Å². The van der Waals surface area contributed by atoms with E-state index in [9.17, 15) is 9.59 Å². The molecule has 0 fully saturated rings. The Balaban J connectivity index is 2.06. The molecule has 2 N–H and O–H groups in total. The Bertz CT molecular complexity index is 768. The molecule has 0 aliphatic rings. The van der Waals surface area contributed by atoms with Crippen LogP contribution in [0.25, 0.3) is 0 Å². The fourth-order valence-electron chi connectivity index (χ4n) is 2.21. The number of amides is 1. The zero-order valence-corrected chi connectivity index (χ0v) is 15.3. The lowest BCUT2D eigenvalue weighted by Crippen LogP contribution is -2.41. The second-order valence-corrected chi connectivity index (χ2v) is 6.90. The average Bonchev–Trinajstić information content (AvgIpc) is 2.60. The number of hydrogen-bond donors (Lipinski definition) is 2.